The molecule has 126 valence electrons. The number of nitrogens with one attached hydrogen (secondary N) is 3. The quantitative estimate of drug-likeness (QED) is 0.727. The monoisotopic (exact) mass is 321 g/mol. The van der Waals surface area contributed by atoms with E-state index in [9.17, 15) is 9.59 Å². The molecule has 1 aromatic carbocycles. The topological polar surface area (TPSA) is 88.7 Å². The van der Waals surface area contributed by atoms with Gasteiger partial charge in [0.25, 0.3) is 5.91 Å². The van der Waals surface area contributed by atoms with E-state index >= 15 is 0 Å². The van der Waals surface area contributed by atoms with Gasteiger partial charge < -0.3 is 25.4 Å². The lowest BCUT2D eigenvalue weighted by Crippen LogP contribution is -2.43. The Morgan fingerprint density at radius 1 is 1.39 bits per heavy atom. The second-order valence-electron chi connectivity index (χ2n) is 5.43. The molecule has 1 aliphatic heterocycles. The van der Waals surface area contributed by atoms with Crippen LogP contribution in [0.1, 0.15) is 13.3 Å². The van der Waals surface area contributed by atoms with E-state index in [0.29, 0.717) is 31.0 Å². The van der Waals surface area contributed by atoms with Gasteiger partial charge in [-0.2, -0.15) is 0 Å². The van der Waals surface area contributed by atoms with Crippen molar-refractivity contribution in [2.45, 2.75) is 25.5 Å². The van der Waals surface area contributed by atoms with E-state index in [2.05, 4.69) is 16.0 Å². The summed E-state index contributed by atoms with van der Waals surface area (Å²) in [6, 6.07) is 7.05. The summed E-state index contributed by atoms with van der Waals surface area (Å²) >= 11 is 0. The summed E-state index contributed by atoms with van der Waals surface area (Å²) in [4.78, 5) is 23.8. The fraction of sp³-hybridized carbons (Fsp3) is 0.500. The SMILES string of the molecule is COC(C)C(=O)Nc1cccc(NC(=O)CC2COCCN2)c1. The predicted molar refractivity (Wildman–Crippen MR) is 87.4 cm³/mol. The summed E-state index contributed by atoms with van der Waals surface area (Å²) in [7, 11) is 1.48. The Kier molecular flexibility index (Phi) is 6.52. The summed E-state index contributed by atoms with van der Waals surface area (Å²) in [5.41, 5.74) is 1.24. The molecule has 0 aromatic heterocycles. The Morgan fingerprint density at radius 3 is 2.78 bits per heavy atom. The molecule has 1 fully saturated rings. The van der Waals surface area contributed by atoms with Crippen molar-refractivity contribution in [3.05, 3.63) is 24.3 Å². The fourth-order valence-electron chi connectivity index (χ4n) is 2.21. The molecule has 1 saturated heterocycles. The number of carbonyl (C=O) groups excluding carboxylic acids is 2. The first-order valence-corrected chi connectivity index (χ1v) is 7.63. The molecule has 0 saturated carbocycles. The van der Waals surface area contributed by atoms with Gasteiger partial charge in [0.2, 0.25) is 5.91 Å². The number of hydrogen-bond acceptors (Lipinski definition) is 5. The Labute approximate surface area is 135 Å². The van der Waals surface area contributed by atoms with Gasteiger partial charge in [-0.05, 0) is 25.1 Å². The van der Waals surface area contributed by atoms with E-state index in [1.165, 1.54) is 7.11 Å². The minimum absolute atomic E-state index is 0.0363. The van der Waals surface area contributed by atoms with Crippen LogP contribution in [0.4, 0.5) is 11.4 Å². The van der Waals surface area contributed by atoms with Gasteiger partial charge in [-0.25, -0.2) is 0 Å². The highest BCUT2D eigenvalue weighted by Gasteiger charge is 2.17. The highest BCUT2D eigenvalue weighted by Crippen LogP contribution is 2.16. The highest BCUT2D eigenvalue weighted by molar-refractivity contribution is 5.95. The molecular formula is C16H23N3O4. The van der Waals surface area contributed by atoms with Crippen LogP contribution in [-0.4, -0.2) is 50.8 Å². The molecule has 0 aliphatic carbocycles. The summed E-state index contributed by atoms with van der Waals surface area (Å²) < 4.78 is 10.3. The number of morpholine rings is 1. The predicted octanol–water partition coefficient (Wildman–Crippen LogP) is 0.977. The second kappa shape index (κ2) is 8.61. The molecule has 1 aromatic rings. The average Bonchev–Trinajstić information content (AvgIpc) is 2.55. The van der Waals surface area contributed by atoms with E-state index in [0.717, 1.165) is 6.54 Å². The molecule has 2 rings (SSSR count). The van der Waals surface area contributed by atoms with Crippen molar-refractivity contribution in [1.82, 2.24) is 5.32 Å². The van der Waals surface area contributed by atoms with Gasteiger partial charge in [-0.3, -0.25) is 9.59 Å². The van der Waals surface area contributed by atoms with Gasteiger partial charge in [0.1, 0.15) is 6.10 Å². The van der Waals surface area contributed by atoms with Crippen molar-refractivity contribution in [1.29, 1.82) is 0 Å². The molecule has 2 atom stereocenters. The van der Waals surface area contributed by atoms with E-state index in [1.54, 1.807) is 31.2 Å². The Hall–Kier alpha value is -1.96. The lowest BCUT2D eigenvalue weighted by Gasteiger charge is -2.23. The molecule has 1 heterocycles. The lowest BCUT2D eigenvalue weighted by atomic mass is 10.2. The Balaban J connectivity index is 1.88. The van der Waals surface area contributed by atoms with E-state index < -0.39 is 6.10 Å². The highest BCUT2D eigenvalue weighted by atomic mass is 16.5. The van der Waals surface area contributed by atoms with Crippen molar-refractivity contribution >= 4 is 23.2 Å². The van der Waals surface area contributed by atoms with Crippen molar-refractivity contribution < 1.29 is 19.1 Å². The van der Waals surface area contributed by atoms with Crippen LogP contribution in [0.5, 0.6) is 0 Å². The molecule has 2 amide bonds. The molecule has 7 heteroatoms. The normalized spacial score (nSPS) is 19.0. The first-order valence-electron chi connectivity index (χ1n) is 7.63. The maximum atomic E-state index is 12.1. The number of benzene rings is 1. The third kappa shape index (κ3) is 5.63. The van der Waals surface area contributed by atoms with Crippen molar-refractivity contribution in [3.8, 4) is 0 Å². The zero-order valence-corrected chi connectivity index (χ0v) is 13.4. The molecule has 0 bridgehead atoms. The molecule has 2 unspecified atom stereocenters. The van der Waals surface area contributed by atoms with Crippen LogP contribution in [0, 0.1) is 0 Å². The first kappa shape index (κ1) is 17.4. The van der Waals surface area contributed by atoms with Crippen LogP contribution in [0.15, 0.2) is 24.3 Å². The largest absolute Gasteiger partial charge is 0.378 e. The number of ether oxygens (including phenoxy) is 2. The minimum Gasteiger partial charge on any atom is -0.378 e. The second-order valence-corrected chi connectivity index (χ2v) is 5.43. The average molecular weight is 321 g/mol. The van der Waals surface area contributed by atoms with Crippen molar-refractivity contribution in [2.24, 2.45) is 0 Å². The Morgan fingerprint density at radius 2 is 2.13 bits per heavy atom. The standard InChI is InChI=1S/C16H23N3O4/c1-11(22-2)16(21)19-13-5-3-4-12(8-13)18-15(20)9-14-10-23-7-6-17-14/h3-5,8,11,14,17H,6-7,9-10H2,1-2H3,(H,18,20)(H,19,21). The molecule has 7 nitrogen and oxygen atoms in total. The Bertz CT molecular complexity index is 544. The van der Waals surface area contributed by atoms with Crippen molar-refractivity contribution in [2.75, 3.05) is 37.5 Å². The molecular weight excluding hydrogens is 298 g/mol. The maximum Gasteiger partial charge on any atom is 0.253 e. The first-order chi connectivity index (χ1) is 11.1. The summed E-state index contributed by atoms with van der Waals surface area (Å²) in [6.45, 7) is 3.65. The zero-order valence-electron chi connectivity index (χ0n) is 13.4. The number of amides is 2. The zero-order chi connectivity index (χ0) is 16.7. The molecule has 23 heavy (non-hydrogen) atoms. The summed E-state index contributed by atoms with van der Waals surface area (Å²) in [5, 5.41) is 8.80. The van der Waals surface area contributed by atoms with E-state index in [-0.39, 0.29) is 17.9 Å². The van der Waals surface area contributed by atoms with E-state index in [4.69, 9.17) is 9.47 Å². The summed E-state index contributed by atoms with van der Waals surface area (Å²) in [6.07, 6.45) is -0.192. The van der Waals surface area contributed by atoms with Crippen LogP contribution >= 0.6 is 0 Å². The minimum atomic E-state index is -0.536. The number of rotatable bonds is 6. The van der Waals surface area contributed by atoms with Crippen LogP contribution in [0.25, 0.3) is 0 Å². The van der Waals surface area contributed by atoms with Crippen LogP contribution in [-0.2, 0) is 19.1 Å². The van der Waals surface area contributed by atoms with Gasteiger partial charge in [-0.1, -0.05) is 6.07 Å². The summed E-state index contributed by atoms with van der Waals surface area (Å²) in [5.74, 6) is -0.332. The van der Waals surface area contributed by atoms with Gasteiger partial charge in [0.05, 0.1) is 13.2 Å². The third-order valence-electron chi connectivity index (χ3n) is 3.57. The molecule has 3 N–H and O–H groups in total. The number of hydrogen-bond donors (Lipinski definition) is 3. The van der Waals surface area contributed by atoms with Crippen LogP contribution in [0.3, 0.4) is 0 Å². The maximum absolute atomic E-state index is 12.1. The molecule has 1 aliphatic rings. The van der Waals surface area contributed by atoms with Gasteiger partial charge in [-0.15, -0.1) is 0 Å². The van der Waals surface area contributed by atoms with Crippen molar-refractivity contribution in [3.63, 3.8) is 0 Å². The van der Waals surface area contributed by atoms with Crippen LogP contribution < -0.4 is 16.0 Å². The van der Waals surface area contributed by atoms with Gasteiger partial charge >= 0.3 is 0 Å². The van der Waals surface area contributed by atoms with Gasteiger partial charge in [0.15, 0.2) is 0 Å². The number of carbonyl (C=O) groups is 2. The lowest BCUT2D eigenvalue weighted by molar-refractivity contribution is -0.124. The third-order valence-corrected chi connectivity index (χ3v) is 3.57. The fourth-order valence-corrected chi connectivity index (χ4v) is 2.21. The molecule has 0 spiro atoms. The van der Waals surface area contributed by atoms with Crippen LogP contribution in [0.2, 0.25) is 0 Å². The van der Waals surface area contributed by atoms with E-state index in [1.807, 2.05) is 0 Å². The van der Waals surface area contributed by atoms with Gasteiger partial charge in [0, 0.05) is 37.5 Å². The molecule has 0 radical (unpaired) electrons. The number of methoxy groups -OCH3 is 1. The number of anilines is 2. The smallest absolute Gasteiger partial charge is 0.253 e.